The first-order chi connectivity index (χ1) is 9.81. The molecule has 0 saturated carbocycles. The van der Waals surface area contributed by atoms with Gasteiger partial charge >= 0.3 is 0 Å². The van der Waals surface area contributed by atoms with E-state index >= 15 is 0 Å². The summed E-state index contributed by atoms with van der Waals surface area (Å²) in [5.41, 5.74) is 1.05. The van der Waals surface area contributed by atoms with Gasteiger partial charge in [0.25, 0.3) is 0 Å². The van der Waals surface area contributed by atoms with Crippen molar-refractivity contribution in [2.75, 3.05) is 18.0 Å². The second kappa shape index (κ2) is 4.52. The lowest BCUT2D eigenvalue weighted by atomic mass is 10.0. The molecule has 0 aromatic carbocycles. The average Bonchev–Trinajstić information content (AvgIpc) is 2.95. The SMILES string of the molecule is Cc1nccc(N2CC[C@@H]3OCc4cnnn4[C@@H]3C2)n1. The molecule has 2 aliphatic heterocycles. The second-order valence-electron chi connectivity index (χ2n) is 5.28. The lowest BCUT2D eigenvalue weighted by molar-refractivity contribution is -0.0373. The highest BCUT2D eigenvalue weighted by Crippen LogP contribution is 2.31. The Balaban J connectivity index is 1.63. The molecule has 2 aliphatic rings. The lowest BCUT2D eigenvalue weighted by Gasteiger charge is -2.41. The number of nitrogens with zero attached hydrogens (tertiary/aromatic N) is 6. The molecule has 4 rings (SSSR count). The average molecular weight is 272 g/mol. The molecular formula is C13H16N6O. The van der Waals surface area contributed by atoms with Crippen LogP contribution in [0.3, 0.4) is 0 Å². The van der Waals surface area contributed by atoms with Gasteiger partial charge in [-0.15, -0.1) is 5.10 Å². The Bertz CT molecular complexity index is 627. The smallest absolute Gasteiger partial charge is 0.132 e. The van der Waals surface area contributed by atoms with Crippen LogP contribution in [-0.4, -0.2) is 44.2 Å². The summed E-state index contributed by atoms with van der Waals surface area (Å²) in [6, 6.07) is 2.17. The summed E-state index contributed by atoms with van der Waals surface area (Å²) in [7, 11) is 0. The van der Waals surface area contributed by atoms with E-state index in [2.05, 4.69) is 25.2 Å². The van der Waals surface area contributed by atoms with Crippen molar-refractivity contribution < 1.29 is 4.74 Å². The summed E-state index contributed by atoms with van der Waals surface area (Å²) in [5.74, 6) is 1.77. The van der Waals surface area contributed by atoms with Gasteiger partial charge in [-0.3, -0.25) is 0 Å². The van der Waals surface area contributed by atoms with Crippen LogP contribution in [0.25, 0.3) is 0 Å². The number of piperidine rings is 1. The number of hydrogen-bond donors (Lipinski definition) is 0. The fourth-order valence-corrected chi connectivity index (χ4v) is 3.01. The van der Waals surface area contributed by atoms with E-state index < -0.39 is 0 Å². The third kappa shape index (κ3) is 1.85. The Morgan fingerprint density at radius 3 is 3.25 bits per heavy atom. The van der Waals surface area contributed by atoms with E-state index in [1.54, 1.807) is 6.20 Å². The number of rotatable bonds is 1. The lowest BCUT2D eigenvalue weighted by Crippen LogP contribution is -2.48. The number of anilines is 1. The molecule has 0 radical (unpaired) electrons. The largest absolute Gasteiger partial charge is 0.370 e. The van der Waals surface area contributed by atoms with Gasteiger partial charge in [-0.05, 0) is 19.4 Å². The van der Waals surface area contributed by atoms with Crippen LogP contribution in [0.2, 0.25) is 0 Å². The maximum Gasteiger partial charge on any atom is 0.132 e. The zero-order valence-corrected chi connectivity index (χ0v) is 11.3. The zero-order chi connectivity index (χ0) is 13.5. The molecule has 0 bridgehead atoms. The minimum atomic E-state index is 0.213. The molecule has 2 atom stereocenters. The molecule has 4 heterocycles. The molecule has 7 nitrogen and oxygen atoms in total. The van der Waals surface area contributed by atoms with E-state index in [0.717, 1.165) is 36.8 Å². The van der Waals surface area contributed by atoms with Crippen molar-refractivity contribution in [3.05, 3.63) is 30.0 Å². The summed E-state index contributed by atoms with van der Waals surface area (Å²) in [6.45, 7) is 4.31. The van der Waals surface area contributed by atoms with Crippen molar-refractivity contribution >= 4 is 5.82 Å². The van der Waals surface area contributed by atoms with Gasteiger partial charge in [0, 0.05) is 19.3 Å². The number of hydrogen-bond acceptors (Lipinski definition) is 6. The van der Waals surface area contributed by atoms with Crippen LogP contribution in [0.15, 0.2) is 18.5 Å². The third-order valence-corrected chi connectivity index (χ3v) is 4.01. The van der Waals surface area contributed by atoms with E-state index in [-0.39, 0.29) is 12.1 Å². The van der Waals surface area contributed by atoms with Crippen LogP contribution in [0.4, 0.5) is 5.82 Å². The van der Waals surface area contributed by atoms with Crippen LogP contribution in [0.5, 0.6) is 0 Å². The number of ether oxygens (including phenoxy) is 1. The first-order valence-corrected chi connectivity index (χ1v) is 6.86. The highest BCUT2D eigenvalue weighted by molar-refractivity contribution is 5.38. The topological polar surface area (TPSA) is 69.0 Å². The first-order valence-electron chi connectivity index (χ1n) is 6.86. The first kappa shape index (κ1) is 11.8. The van der Waals surface area contributed by atoms with Gasteiger partial charge in [-0.1, -0.05) is 5.21 Å². The van der Waals surface area contributed by atoms with E-state index in [0.29, 0.717) is 6.61 Å². The molecule has 2 aromatic rings. The maximum absolute atomic E-state index is 5.91. The van der Waals surface area contributed by atoms with Crippen molar-refractivity contribution in [2.45, 2.75) is 32.1 Å². The van der Waals surface area contributed by atoms with E-state index in [4.69, 9.17) is 4.74 Å². The van der Waals surface area contributed by atoms with Gasteiger partial charge in [0.1, 0.15) is 11.6 Å². The third-order valence-electron chi connectivity index (χ3n) is 4.01. The molecular weight excluding hydrogens is 256 g/mol. The maximum atomic E-state index is 5.91. The van der Waals surface area contributed by atoms with E-state index in [1.165, 1.54) is 0 Å². The number of aromatic nitrogens is 5. The molecule has 1 saturated heterocycles. The highest BCUT2D eigenvalue weighted by atomic mass is 16.5. The minimum Gasteiger partial charge on any atom is -0.370 e. The van der Waals surface area contributed by atoms with Gasteiger partial charge in [0.05, 0.1) is 30.6 Å². The van der Waals surface area contributed by atoms with Gasteiger partial charge in [-0.25, -0.2) is 14.6 Å². The molecule has 20 heavy (non-hydrogen) atoms. The molecule has 0 amide bonds. The van der Waals surface area contributed by atoms with Crippen molar-refractivity contribution in [2.24, 2.45) is 0 Å². The molecule has 0 spiro atoms. The normalized spacial score (nSPS) is 25.1. The Morgan fingerprint density at radius 1 is 1.40 bits per heavy atom. The van der Waals surface area contributed by atoms with Crippen LogP contribution < -0.4 is 4.90 Å². The van der Waals surface area contributed by atoms with Gasteiger partial charge < -0.3 is 9.64 Å². The fraction of sp³-hybridized carbons (Fsp3) is 0.538. The predicted molar refractivity (Wildman–Crippen MR) is 71.2 cm³/mol. The summed E-state index contributed by atoms with van der Waals surface area (Å²) >= 11 is 0. The van der Waals surface area contributed by atoms with Crippen LogP contribution in [0, 0.1) is 6.92 Å². The Hall–Kier alpha value is -2.02. The van der Waals surface area contributed by atoms with Crippen LogP contribution in [0.1, 0.15) is 24.0 Å². The van der Waals surface area contributed by atoms with Gasteiger partial charge in [0.15, 0.2) is 0 Å². The molecule has 1 fully saturated rings. The quantitative estimate of drug-likeness (QED) is 0.762. The Kier molecular flexibility index (Phi) is 2.66. The van der Waals surface area contributed by atoms with Gasteiger partial charge in [-0.2, -0.15) is 0 Å². The molecule has 0 unspecified atom stereocenters. The van der Waals surface area contributed by atoms with E-state index in [1.807, 2.05) is 23.9 Å². The molecule has 7 heteroatoms. The molecule has 104 valence electrons. The predicted octanol–water partition coefficient (Wildman–Crippen LogP) is 0.727. The van der Waals surface area contributed by atoms with E-state index in [9.17, 15) is 0 Å². The Labute approximate surface area is 116 Å². The summed E-state index contributed by atoms with van der Waals surface area (Å²) < 4.78 is 7.92. The standard InChI is InChI=1S/C13H16N6O/c1-9-14-4-2-13(16-9)18-5-3-12-11(7-18)19-10(8-20-12)6-15-17-19/h2,4,6,11-12H,3,5,7-8H2,1H3/t11-,12+/m1/s1. The summed E-state index contributed by atoms with van der Waals surface area (Å²) in [5, 5.41) is 8.21. The van der Waals surface area contributed by atoms with Gasteiger partial charge in [0.2, 0.25) is 0 Å². The van der Waals surface area contributed by atoms with Crippen molar-refractivity contribution in [3.63, 3.8) is 0 Å². The monoisotopic (exact) mass is 272 g/mol. The zero-order valence-electron chi connectivity index (χ0n) is 11.3. The molecule has 2 aromatic heterocycles. The highest BCUT2D eigenvalue weighted by Gasteiger charge is 2.36. The van der Waals surface area contributed by atoms with Crippen LogP contribution >= 0.6 is 0 Å². The number of aryl methyl sites for hydroxylation is 1. The minimum absolute atomic E-state index is 0.213. The van der Waals surface area contributed by atoms with Crippen molar-refractivity contribution in [3.8, 4) is 0 Å². The second-order valence-corrected chi connectivity index (χ2v) is 5.28. The van der Waals surface area contributed by atoms with Crippen molar-refractivity contribution in [1.82, 2.24) is 25.0 Å². The summed E-state index contributed by atoms with van der Waals surface area (Å²) in [6.07, 6.45) is 4.79. The summed E-state index contributed by atoms with van der Waals surface area (Å²) in [4.78, 5) is 10.9. The van der Waals surface area contributed by atoms with Crippen LogP contribution in [-0.2, 0) is 11.3 Å². The molecule has 0 aliphatic carbocycles. The number of fused-ring (bicyclic) bond motifs is 3. The fourth-order valence-electron chi connectivity index (χ4n) is 3.01. The Morgan fingerprint density at radius 2 is 2.35 bits per heavy atom. The van der Waals surface area contributed by atoms with Crippen molar-refractivity contribution in [1.29, 1.82) is 0 Å². The molecule has 0 N–H and O–H groups in total.